The number of hydrogen-bond donors (Lipinski definition) is 1. The Balaban J connectivity index is 1.99. The van der Waals surface area contributed by atoms with Crippen LogP contribution in [0, 0.1) is 9.39 Å². The largest absolute Gasteiger partial charge is 0.455 e. The zero-order valence-electron chi connectivity index (χ0n) is 10.4. The van der Waals surface area contributed by atoms with E-state index < -0.39 is 0 Å². The highest BCUT2D eigenvalue weighted by Crippen LogP contribution is 2.31. The fourth-order valence-electron chi connectivity index (χ4n) is 1.99. The predicted molar refractivity (Wildman–Crippen MR) is 87.6 cm³/mol. The van der Waals surface area contributed by atoms with Crippen molar-refractivity contribution in [2.75, 3.05) is 5.73 Å². The topological polar surface area (TPSA) is 35.2 Å². The maximum atomic E-state index is 13.6. The molecule has 4 heteroatoms. The van der Waals surface area contributed by atoms with Crippen molar-refractivity contribution in [3.63, 3.8) is 0 Å². The second kappa shape index (κ2) is 5.28. The Labute approximate surface area is 129 Å². The van der Waals surface area contributed by atoms with Crippen LogP contribution in [0.1, 0.15) is 0 Å². The summed E-state index contributed by atoms with van der Waals surface area (Å²) in [4.78, 5) is 0. The van der Waals surface area contributed by atoms with E-state index in [1.54, 1.807) is 6.07 Å². The van der Waals surface area contributed by atoms with E-state index in [2.05, 4.69) is 0 Å². The second-order valence-corrected chi connectivity index (χ2v) is 5.58. The molecule has 20 heavy (non-hydrogen) atoms. The minimum Gasteiger partial charge on any atom is -0.455 e. The summed E-state index contributed by atoms with van der Waals surface area (Å²) in [7, 11) is 0. The van der Waals surface area contributed by atoms with Crippen LogP contribution in [0.5, 0.6) is 11.5 Å². The molecule has 0 saturated carbocycles. The first-order valence-electron chi connectivity index (χ1n) is 6.04. The standard InChI is InChI=1S/C16H11FINO/c17-13-8-16(15(19)9-14(13)18)20-12-6-5-10-3-1-2-4-11(10)7-12/h1-9H,19H2. The molecule has 3 rings (SSSR count). The van der Waals surface area contributed by atoms with Crippen molar-refractivity contribution >= 4 is 39.1 Å². The van der Waals surface area contributed by atoms with Crippen molar-refractivity contribution in [1.82, 2.24) is 0 Å². The smallest absolute Gasteiger partial charge is 0.153 e. The van der Waals surface area contributed by atoms with Gasteiger partial charge in [-0.3, -0.25) is 0 Å². The van der Waals surface area contributed by atoms with Crippen molar-refractivity contribution in [1.29, 1.82) is 0 Å². The first-order chi connectivity index (χ1) is 9.63. The Morgan fingerprint density at radius 2 is 1.70 bits per heavy atom. The molecule has 2 N–H and O–H groups in total. The zero-order chi connectivity index (χ0) is 14.1. The van der Waals surface area contributed by atoms with E-state index in [1.165, 1.54) is 6.07 Å². The Hall–Kier alpha value is -1.82. The fourth-order valence-corrected chi connectivity index (χ4v) is 2.48. The lowest BCUT2D eigenvalue weighted by Crippen LogP contribution is -1.95. The Bertz CT molecular complexity index is 789. The van der Waals surface area contributed by atoms with Crippen LogP contribution in [-0.2, 0) is 0 Å². The maximum Gasteiger partial charge on any atom is 0.153 e. The molecule has 0 aromatic heterocycles. The molecule has 0 aliphatic rings. The maximum absolute atomic E-state index is 13.6. The molecule has 0 aliphatic carbocycles. The molecule has 100 valence electrons. The average molecular weight is 379 g/mol. The molecule has 0 atom stereocenters. The van der Waals surface area contributed by atoms with E-state index in [4.69, 9.17) is 10.5 Å². The molecule has 3 aromatic rings. The highest BCUT2D eigenvalue weighted by Gasteiger charge is 2.08. The van der Waals surface area contributed by atoms with Crippen molar-refractivity contribution in [2.45, 2.75) is 0 Å². The number of fused-ring (bicyclic) bond motifs is 1. The minimum absolute atomic E-state index is 0.332. The van der Waals surface area contributed by atoms with Gasteiger partial charge in [-0.05, 0) is 51.6 Å². The number of halogens is 2. The van der Waals surface area contributed by atoms with Crippen molar-refractivity contribution < 1.29 is 9.13 Å². The van der Waals surface area contributed by atoms with Crippen molar-refractivity contribution in [2.24, 2.45) is 0 Å². The van der Waals surface area contributed by atoms with Crippen LogP contribution in [0.15, 0.2) is 54.6 Å². The number of nitrogens with two attached hydrogens (primary N) is 1. The molecule has 0 bridgehead atoms. The summed E-state index contributed by atoms with van der Waals surface area (Å²) in [6.45, 7) is 0. The third kappa shape index (κ3) is 2.56. The van der Waals surface area contributed by atoms with Gasteiger partial charge >= 0.3 is 0 Å². The monoisotopic (exact) mass is 379 g/mol. The molecule has 3 aromatic carbocycles. The van der Waals surface area contributed by atoms with Crippen LogP contribution < -0.4 is 10.5 Å². The fraction of sp³-hybridized carbons (Fsp3) is 0. The third-order valence-electron chi connectivity index (χ3n) is 3.00. The summed E-state index contributed by atoms with van der Waals surface area (Å²) in [5, 5.41) is 2.19. The number of ether oxygens (including phenoxy) is 1. The Morgan fingerprint density at radius 1 is 0.950 bits per heavy atom. The third-order valence-corrected chi connectivity index (χ3v) is 3.83. The lowest BCUT2D eigenvalue weighted by molar-refractivity contribution is 0.479. The highest BCUT2D eigenvalue weighted by molar-refractivity contribution is 14.1. The van der Waals surface area contributed by atoms with E-state index in [0.29, 0.717) is 20.8 Å². The molecular weight excluding hydrogens is 368 g/mol. The number of nitrogen functional groups attached to an aromatic ring is 1. The molecule has 0 radical (unpaired) electrons. The number of hydrogen-bond acceptors (Lipinski definition) is 2. The first kappa shape index (κ1) is 13.2. The van der Waals surface area contributed by atoms with Crippen LogP contribution >= 0.6 is 22.6 Å². The summed E-state index contributed by atoms with van der Waals surface area (Å²) < 4.78 is 19.7. The van der Waals surface area contributed by atoms with Gasteiger partial charge in [-0.2, -0.15) is 0 Å². The first-order valence-corrected chi connectivity index (χ1v) is 7.12. The summed E-state index contributed by atoms with van der Waals surface area (Å²) in [5.74, 6) is 0.629. The average Bonchev–Trinajstić information content (AvgIpc) is 2.44. The molecule has 0 heterocycles. The highest BCUT2D eigenvalue weighted by atomic mass is 127. The van der Waals surface area contributed by atoms with Gasteiger partial charge < -0.3 is 10.5 Å². The van der Waals surface area contributed by atoms with Gasteiger partial charge in [0, 0.05) is 6.07 Å². The lowest BCUT2D eigenvalue weighted by atomic mass is 10.1. The van der Waals surface area contributed by atoms with E-state index in [9.17, 15) is 4.39 Å². The van der Waals surface area contributed by atoms with Gasteiger partial charge in [0.2, 0.25) is 0 Å². The van der Waals surface area contributed by atoms with E-state index in [-0.39, 0.29) is 5.82 Å². The predicted octanol–water partition coefficient (Wildman–Crippen LogP) is 4.96. The van der Waals surface area contributed by atoms with Gasteiger partial charge in [0.05, 0.1) is 9.26 Å². The van der Waals surface area contributed by atoms with Gasteiger partial charge in [-0.25, -0.2) is 4.39 Å². The lowest BCUT2D eigenvalue weighted by Gasteiger charge is -2.10. The quantitative estimate of drug-likeness (QED) is 0.505. The van der Waals surface area contributed by atoms with Crippen LogP contribution in [0.2, 0.25) is 0 Å². The van der Waals surface area contributed by atoms with Crippen LogP contribution in [-0.4, -0.2) is 0 Å². The molecule has 0 aliphatic heterocycles. The van der Waals surface area contributed by atoms with Crippen molar-refractivity contribution in [3.8, 4) is 11.5 Å². The normalized spacial score (nSPS) is 10.7. The van der Waals surface area contributed by atoms with E-state index in [0.717, 1.165) is 10.8 Å². The molecule has 2 nitrogen and oxygen atoms in total. The number of anilines is 1. The van der Waals surface area contributed by atoms with E-state index >= 15 is 0 Å². The summed E-state index contributed by atoms with van der Waals surface area (Å²) >= 11 is 1.90. The van der Waals surface area contributed by atoms with Gasteiger partial charge in [-0.1, -0.05) is 30.3 Å². The number of benzene rings is 3. The SMILES string of the molecule is Nc1cc(I)c(F)cc1Oc1ccc2ccccc2c1. The van der Waals surface area contributed by atoms with Gasteiger partial charge in [0.25, 0.3) is 0 Å². The number of rotatable bonds is 2. The molecule has 0 amide bonds. The molecule has 0 saturated heterocycles. The minimum atomic E-state index is -0.337. The van der Waals surface area contributed by atoms with Crippen molar-refractivity contribution in [3.05, 3.63) is 64.0 Å². The second-order valence-electron chi connectivity index (χ2n) is 4.42. The van der Waals surface area contributed by atoms with Crippen LogP contribution in [0.4, 0.5) is 10.1 Å². The van der Waals surface area contributed by atoms with Gasteiger partial charge in [-0.15, -0.1) is 0 Å². The summed E-state index contributed by atoms with van der Waals surface area (Å²) in [5.41, 5.74) is 6.27. The Morgan fingerprint density at radius 3 is 2.50 bits per heavy atom. The van der Waals surface area contributed by atoms with Gasteiger partial charge in [0.15, 0.2) is 5.75 Å². The van der Waals surface area contributed by atoms with E-state index in [1.807, 2.05) is 65.1 Å². The molecular formula is C16H11FINO. The molecule has 0 fully saturated rings. The van der Waals surface area contributed by atoms with Gasteiger partial charge in [0.1, 0.15) is 11.6 Å². The van der Waals surface area contributed by atoms with Crippen LogP contribution in [0.25, 0.3) is 10.8 Å². The zero-order valence-corrected chi connectivity index (χ0v) is 12.6. The van der Waals surface area contributed by atoms with Crippen LogP contribution in [0.3, 0.4) is 0 Å². The summed E-state index contributed by atoms with van der Waals surface area (Å²) in [6, 6.07) is 16.6. The molecule has 0 unspecified atom stereocenters. The summed E-state index contributed by atoms with van der Waals surface area (Å²) in [6.07, 6.45) is 0. The Kier molecular flexibility index (Phi) is 3.48. The molecule has 0 spiro atoms.